The number of nitrogens with zero attached hydrogens (tertiary/aromatic N) is 2. The molecule has 3 fully saturated rings. The van der Waals surface area contributed by atoms with Crippen LogP contribution in [0.25, 0.3) is 0 Å². The first-order valence-electron chi connectivity index (χ1n) is 13.0. The molecule has 1 aromatic rings. The van der Waals surface area contributed by atoms with Crippen LogP contribution in [0.3, 0.4) is 0 Å². The lowest BCUT2D eigenvalue weighted by Crippen LogP contribution is -2.56. The Balaban J connectivity index is 1.78. The summed E-state index contributed by atoms with van der Waals surface area (Å²) in [5.41, 5.74) is 0.609. The largest absolute Gasteiger partial charge is 0.465 e. The van der Waals surface area contributed by atoms with E-state index in [4.69, 9.17) is 9.47 Å². The average molecular weight is 511 g/mol. The number of aliphatic hydroxyl groups excluding tert-OH is 1. The number of likely N-dealkylation sites (tertiary alicyclic amines) is 1. The summed E-state index contributed by atoms with van der Waals surface area (Å²) in [5.74, 6) is -2.66. The molecule has 200 valence electrons. The van der Waals surface area contributed by atoms with Gasteiger partial charge in [-0.05, 0) is 57.6 Å². The second kappa shape index (κ2) is 10.4. The van der Waals surface area contributed by atoms with E-state index in [1.165, 1.54) is 4.90 Å². The molecule has 8 heteroatoms. The number of amides is 2. The van der Waals surface area contributed by atoms with Crippen molar-refractivity contribution in [1.29, 1.82) is 0 Å². The molecule has 2 amide bonds. The Morgan fingerprint density at radius 2 is 1.95 bits per heavy atom. The first-order chi connectivity index (χ1) is 17.7. The van der Waals surface area contributed by atoms with Gasteiger partial charge < -0.3 is 24.4 Å². The summed E-state index contributed by atoms with van der Waals surface area (Å²) in [6, 6.07) is 4.91. The van der Waals surface area contributed by atoms with E-state index in [1.54, 1.807) is 17.1 Å². The van der Waals surface area contributed by atoms with Gasteiger partial charge in [0.15, 0.2) is 0 Å². The SMILES string of the molecule is C=CCCOC(=O)[C@H]1[C@H]2C(=O)N(CCCO)C(C(=O)N(CC=C)c3c(C)cccc3C)C23CC[C@]1(C)O3. The van der Waals surface area contributed by atoms with Crippen LogP contribution in [0.5, 0.6) is 0 Å². The molecule has 0 aromatic heterocycles. The summed E-state index contributed by atoms with van der Waals surface area (Å²) in [6.07, 6.45) is 5.19. The zero-order valence-corrected chi connectivity index (χ0v) is 22.1. The van der Waals surface area contributed by atoms with E-state index in [1.807, 2.05) is 39.0 Å². The summed E-state index contributed by atoms with van der Waals surface area (Å²) in [5, 5.41) is 9.56. The number of carbonyl (C=O) groups excluding carboxylic acids is 3. The van der Waals surface area contributed by atoms with Crippen LogP contribution in [0.15, 0.2) is 43.5 Å². The van der Waals surface area contributed by atoms with Gasteiger partial charge in [0.05, 0.1) is 18.1 Å². The van der Waals surface area contributed by atoms with E-state index in [-0.39, 0.29) is 38.1 Å². The predicted molar refractivity (Wildman–Crippen MR) is 140 cm³/mol. The van der Waals surface area contributed by atoms with Crippen LogP contribution < -0.4 is 4.90 Å². The number of aryl methyl sites for hydroxylation is 2. The molecular weight excluding hydrogens is 472 g/mol. The topological polar surface area (TPSA) is 96.4 Å². The summed E-state index contributed by atoms with van der Waals surface area (Å²) in [7, 11) is 0. The maximum atomic E-state index is 14.5. The number of para-hydroxylation sites is 1. The van der Waals surface area contributed by atoms with E-state index < -0.39 is 35.0 Å². The number of carbonyl (C=O) groups is 3. The number of anilines is 1. The van der Waals surface area contributed by atoms with Gasteiger partial charge in [-0.2, -0.15) is 0 Å². The molecule has 1 aromatic carbocycles. The normalized spacial score (nSPS) is 29.8. The van der Waals surface area contributed by atoms with E-state index in [9.17, 15) is 19.5 Å². The summed E-state index contributed by atoms with van der Waals surface area (Å²) >= 11 is 0. The van der Waals surface area contributed by atoms with Gasteiger partial charge in [-0.25, -0.2) is 0 Å². The van der Waals surface area contributed by atoms with Crippen molar-refractivity contribution in [2.24, 2.45) is 11.8 Å². The average Bonchev–Trinajstić information content (AvgIpc) is 3.42. The molecule has 3 saturated heterocycles. The van der Waals surface area contributed by atoms with Crippen LogP contribution in [0.2, 0.25) is 0 Å². The molecule has 8 nitrogen and oxygen atoms in total. The molecule has 3 heterocycles. The molecule has 3 aliphatic rings. The molecule has 37 heavy (non-hydrogen) atoms. The van der Waals surface area contributed by atoms with Crippen LogP contribution in [-0.2, 0) is 23.9 Å². The van der Waals surface area contributed by atoms with Crippen molar-refractivity contribution in [3.8, 4) is 0 Å². The third kappa shape index (κ3) is 4.30. The third-order valence-electron chi connectivity index (χ3n) is 8.18. The highest BCUT2D eigenvalue weighted by atomic mass is 16.6. The monoisotopic (exact) mass is 510 g/mol. The van der Waals surface area contributed by atoms with Crippen LogP contribution in [0, 0.1) is 25.7 Å². The first-order valence-corrected chi connectivity index (χ1v) is 13.0. The van der Waals surface area contributed by atoms with Gasteiger partial charge in [0, 0.05) is 25.4 Å². The Morgan fingerprint density at radius 3 is 2.57 bits per heavy atom. The number of esters is 1. The molecule has 5 atom stereocenters. The third-order valence-corrected chi connectivity index (χ3v) is 8.18. The lowest BCUT2D eigenvalue weighted by Gasteiger charge is -2.37. The lowest BCUT2D eigenvalue weighted by atomic mass is 9.66. The molecule has 4 rings (SSSR count). The van der Waals surface area contributed by atoms with Gasteiger partial charge in [0.1, 0.15) is 17.6 Å². The molecule has 1 spiro atoms. The molecule has 0 radical (unpaired) electrons. The number of aliphatic hydroxyl groups is 1. The number of fused-ring (bicyclic) bond motifs is 1. The molecule has 2 bridgehead atoms. The van der Waals surface area contributed by atoms with Gasteiger partial charge in [0.25, 0.3) is 5.91 Å². The van der Waals surface area contributed by atoms with E-state index in [2.05, 4.69) is 13.2 Å². The molecule has 0 aliphatic carbocycles. The highest BCUT2D eigenvalue weighted by Crippen LogP contribution is 2.63. The van der Waals surface area contributed by atoms with Crippen molar-refractivity contribution < 1.29 is 29.0 Å². The quantitative estimate of drug-likeness (QED) is 0.279. The fourth-order valence-electron chi connectivity index (χ4n) is 6.68. The minimum atomic E-state index is -1.14. The molecule has 0 saturated carbocycles. The maximum absolute atomic E-state index is 14.5. The zero-order chi connectivity index (χ0) is 27.0. The Kier molecular flexibility index (Phi) is 7.62. The maximum Gasteiger partial charge on any atom is 0.312 e. The molecule has 2 unspecified atom stereocenters. The van der Waals surface area contributed by atoms with Crippen LogP contribution in [0.4, 0.5) is 5.69 Å². The van der Waals surface area contributed by atoms with Crippen molar-refractivity contribution >= 4 is 23.5 Å². The van der Waals surface area contributed by atoms with Crippen molar-refractivity contribution in [2.75, 3.05) is 31.2 Å². The highest BCUT2D eigenvalue weighted by molar-refractivity contribution is 6.05. The molecule has 1 N–H and O–H groups in total. The van der Waals surface area contributed by atoms with Crippen molar-refractivity contribution in [3.05, 3.63) is 54.6 Å². The van der Waals surface area contributed by atoms with E-state index in [0.29, 0.717) is 25.7 Å². The van der Waals surface area contributed by atoms with Gasteiger partial charge in [-0.3, -0.25) is 14.4 Å². The summed E-state index contributed by atoms with van der Waals surface area (Å²) < 4.78 is 12.2. The van der Waals surface area contributed by atoms with E-state index in [0.717, 1.165) is 16.8 Å². The van der Waals surface area contributed by atoms with Crippen LogP contribution in [-0.4, -0.2) is 71.3 Å². The fourth-order valence-corrected chi connectivity index (χ4v) is 6.68. The van der Waals surface area contributed by atoms with Gasteiger partial charge >= 0.3 is 5.97 Å². The number of hydrogen-bond acceptors (Lipinski definition) is 6. The van der Waals surface area contributed by atoms with Crippen molar-refractivity contribution in [1.82, 2.24) is 4.90 Å². The number of benzene rings is 1. The standard InChI is InChI=1S/C29H38N2O6/c1-6-8-18-36-27(35)22-21-25(33)31(16-10-17-32)24(29(21)14-13-28(22,5)37-29)26(34)30(15-7-2)23-19(3)11-9-12-20(23)4/h6-7,9,11-12,21-22,24,32H,1-2,8,10,13-18H2,3-5H3/t21-,22+,24?,28-,29?/m0/s1. The van der Waals surface area contributed by atoms with Crippen molar-refractivity contribution in [2.45, 2.75) is 63.7 Å². The second-order valence-electron chi connectivity index (χ2n) is 10.6. The summed E-state index contributed by atoms with van der Waals surface area (Å²) in [4.78, 5) is 45.0. The minimum absolute atomic E-state index is 0.124. The molecular formula is C29H38N2O6. The smallest absolute Gasteiger partial charge is 0.312 e. The van der Waals surface area contributed by atoms with E-state index >= 15 is 0 Å². The fraction of sp³-hybridized carbons (Fsp3) is 0.552. The second-order valence-corrected chi connectivity index (χ2v) is 10.6. The van der Waals surface area contributed by atoms with Gasteiger partial charge in [-0.1, -0.05) is 30.4 Å². The lowest BCUT2D eigenvalue weighted by molar-refractivity contribution is -0.159. The number of hydrogen-bond donors (Lipinski definition) is 1. The van der Waals surface area contributed by atoms with Crippen LogP contribution >= 0.6 is 0 Å². The first kappa shape index (κ1) is 27.1. The Hall–Kier alpha value is -2.97. The van der Waals surface area contributed by atoms with Crippen molar-refractivity contribution in [3.63, 3.8) is 0 Å². The van der Waals surface area contributed by atoms with Gasteiger partial charge in [-0.15, -0.1) is 13.2 Å². The summed E-state index contributed by atoms with van der Waals surface area (Å²) in [6.45, 7) is 13.8. The predicted octanol–water partition coefficient (Wildman–Crippen LogP) is 3.09. The Labute approximate surface area is 218 Å². The number of ether oxygens (including phenoxy) is 2. The highest BCUT2D eigenvalue weighted by Gasteiger charge is 2.78. The minimum Gasteiger partial charge on any atom is -0.465 e. The van der Waals surface area contributed by atoms with Crippen LogP contribution in [0.1, 0.15) is 43.7 Å². The zero-order valence-electron chi connectivity index (χ0n) is 22.1. The van der Waals surface area contributed by atoms with Gasteiger partial charge in [0.2, 0.25) is 5.91 Å². The number of rotatable bonds is 11. The Morgan fingerprint density at radius 1 is 1.24 bits per heavy atom. The molecule has 3 aliphatic heterocycles. The Bertz CT molecular complexity index is 1080.